The van der Waals surface area contributed by atoms with Crippen LogP contribution in [0, 0.1) is 5.92 Å². The number of hydrogen-bond donors (Lipinski definition) is 2. The van der Waals surface area contributed by atoms with Crippen molar-refractivity contribution in [1.82, 2.24) is 10.6 Å². The van der Waals surface area contributed by atoms with Gasteiger partial charge < -0.3 is 10.6 Å². The molecule has 3 nitrogen and oxygen atoms in total. The summed E-state index contributed by atoms with van der Waals surface area (Å²) in [5, 5.41) is 6.08. The van der Waals surface area contributed by atoms with Crippen molar-refractivity contribution < 1.29 is 4.79 Å². The van der Waals surface area contributed by atoms with Crippen LogP contribution in [0.2, 0.25) is 0 Å². The van der Waals surface area contributed by atoms with Crippen molar-refractivity contribution in [1.29, 1.82) is 0 Å². The molecule has 0 fully saturated rings. The molecule has 78 valence electrons. The van der Waals surface area contributed by atoms with Gasteiger partial charge in [-0.1, -0.05) is 27.7 Å². The van der Waals surface area contributed by atoms with Crippen LogP contribution in [0.25, 0.3) is 0 Å². The van der Waals surface area contributed by atoms with E-state index in [9.17, 15) is 4.79 Å². The molecule has 2 N–H and O–H groups in total. The van der Waals surface area contributed by atoms with Crippen LogP contribution in [-0.4, -0.2) is 25.0 Å². The fraction of sp³-hybridized carbons (Fsp3) is 0.900. The van der Waals surface area contributed by atoms with Crippen LogP contribution in [0.5, 0.6) is 0 Å². The molecule has 0 aromatic heterocycles. The van der Waals surface area contributed by atoms with Crippen LogP contribution in [0.4, 0.5) is 0 Å². The molecule has 0 rings (SSSR count). The Balaban J connectivity index is 3.30. The molecule has 0 aliphatic rings. The molecule has 0 aromatic carbocycles. The van der Waals surface area contributed by atoms with Crippen LogP contribution in [0.3, 0.4) is 0 Å². The summed E-state index contributed by atoms with van der Waals surface area (Å²) in [4.78, 5) is 11.2. The zero-order chi connectivity index (χ0) is 10.3. The topological polar surface area (TPSA) is 41.1 Å². The number of carbonyl (C=O) groups is 1. The maximum atomic E-state index is 11.2. The van der Waals surface area contributed by atoms with Crippen molar-refractivity contribution >= 4 is 5.91 Å². The van der Waals surface area contributed by atoms with Crippen molar-refractivity contribution in [2.75, 3.05) is 13.1 Å². The highest BCUT2D eigenvalue weighted by atomic mass is 16.1. The van der Waals surface area contributed by atoms with E-state index in [0.717, 1.165) is 13.1 Å². The van der Waals surface area contributed by atoms with Gasteiger partial charge in [0.1, 0.15) is 0 Å². The SMILES string of the molecule is CC(C)CNC(=O)CCNC(C)C. The first-order valence-corrected chi connectivity index (χ1v) is 5.02. The van der Waals surface area contributed by atoms with Gasteiger partial charge in [0, 0.05) is 25.6 Å². The molecule has 3 heteroatoms. The molecule has 0 aliphatic carbocycles. The largest absolute Gasteiger partial charge is 0.356 e. The smallest absolute Gasteiger partial charge is 0.221 e. The quantitative estimate of drug-likeness (QED) is 0.653. The highest BCUT2D eigenvalue weighted by molar-refractivity contribution is 5.76. The zero-order valence-electron chi connectivity index (χ0n) is 9.18. The third-order valence-electron chi connectivity index (χ3n) is 1.61. The third-order valence-corrected chi connectivity index (χ3v) is 1.61. The first-order valence-electron chi connectivity index (χ1n) is 5.02. The van der Waals surface area contributed by atoms with E-state index in [2.05, 4.69) is 38.3 Å². The molecule has 0 saturated carbocycles. The lowest BCUT2D eigenvalue weighted by atomic mass is 10.2. The number of nitrogens with one attached hydrogen (secondary N) is 2. The van der Waals surface area contributed by atoms with Gasteiger partial charge in [0.05, 0.1) is 0 Å². The number of hydrogen-bond acceptors (Lipinski definition) is 2. The van der Waals surface area contributed by atoms with Gasteiger partial charge in [0.2, 0.25) is 5.91 Å². The van der Waals surface area contributed by atoms with Crippen molar-refractivity contribution in [3.05, 3.63) is 0 Å². The van der Waals surface area contributed by atoms with E-state index >= 15 is 0 Å². The summed E-state index contributed by atoms with van der Waals surface area (Å²) in [6.45, 7) is 9.87. The second-order valence-corrected chi connectivity index (χ2v) is 4.06. The molecule has 0 unspecified atom stereocenters. The van der Waals surface area contributed by atoms with Gasteiger partial charge >= 0.3 is 0 Å². The summed E-state index contributed by atoms with van der Waals surface area (Å²) in [5.41, 5.74) is 0. The minimum atomic E-state index is 0.141. The second kappa shape index (κ2) is 6.89. The molecular formula is C10H22N2O. The lowest BCUT2D eigenvalue weighted by molar-refractivity contribution is -0.121. The van der Waals surface area contributed by atoms with Gasteiger partial charge in [-0.3, -0.25) is 4.79 Å². The van der Waals surface area contributed by atoms with Gasteiger partial charge in [-0.15, -0.1) is 0 Å². The fourth-order valence-electron chi connectivity index (χ4n) is 0.881. The Morgan fingerprint density at radius 1 is 1.23 bits per heavy atom. The summed E-state index contributed by atoms with van der Waals surface area (Å²) in [7, 11) is 0. The van der Waals surface area contributed by atoms with Gasteiger partial charge in [0.15, 0.2) is 0 Å². The average Bonchev–Trinajstić information content (AvgIpc) is 2.00. The molecule has 0 atom stereocenters. The average molecular weight is 186 g/mol. The molecule has 0 aromatic rings. The van der Waals surface area contributed by atoms with E-state index in [1.165, 1.54) is 0 Å². The van der Waals surface area contributed by atoms with Crippen molar-refractivity contribution in [2.24, 2.45) is 5.92 Å². The van der Waals surface area contributed by atoms with Gasteiger partial charge in [0.25, 0.3) is 0 Å². The van der Waals surface area contributed by atoms with Gasteiger partial charge in [-0.2, -0.15) is 0 Å². The van der Waals surface area contributed by atoms with Crippen LogP contribution in [0.1, 0.15) is 34.1 Å². The Labute approximate surface area is 81.3 Å². The summed E-state index contributed by atoms with van der Waals surface area (Å²) in [6, 6.07) is 0.456. The monoisotopic (exact) mass is 186 g/mol. The van der Waals surface area contributed by atoms with Crippen LogP contribution >= 0.6 is 0 Å². The number of rotatable bonds is 6. The third kappa shape index (κ3) is 9.34. The molecule has 0 aliphatic heterocycles. The predicted molar refractivity (Wildman–Crippen MR) is 55.6 cm³/mol. The Morgan fingerprint density at radius 3 is 2.31 bits per heavy atom. The number of carbonyl (C=O) groups excluding carboxylic acids is 1. The standard InChI is InChI=1S/C10H22N2O/c1-8(2)7-12-10(13)5-6-11-9(3)4/h8-9,11H,5-7H2,1-4H3,(H,12,13). The first kappa shape index (κ1) is 12.4. The molecule has 0 spiro atoms. The fourth-order valence-corrected chi connectivity index (χ4v) is 0.881. The Hall–Kier alpha value is -0.570. The summed E-state index contributed by atoms with van der Waals surface area (Å²) in [5.74, 6) is 0.670. The highest BCUT2D eigenvalue weighted by Crippen LogP contribution is 1.88. The van der Waals surface area contributed by atoms with Crippen LogP contribution in [-0.2, 0) is 4.79 Å². The van der Waals surface area contributed by atoms with E-state index < -0.39 is 0 Å². The Morgan fingerprint density at radius 2 is 1.85 bits per heavy atom. The van der Waals surface area contributed by atoms with E-state index in [1.807, 2.05) is 0 Å². The maximum Gasteiger partial charge on any atom is 0.221 e. The zero-order valence-corrected chi connectivity index (χ0v) is 9.18. The van der Waals surface area contributed by atoms with Gasteiger partial charge in [-0.25, -0.2) is 0 Å². The van der Waals surface area contributed by atoms with E-state index in [1.54, 1.807) is 0 Å². The Kier molecular flexibility index (Phi) is 6.59. The van der Waals surface area contributed by atoms with Gasteiger partial charge in [-0.05, 0) is 5.92 Å². The highest BCUT2D eigenvalue weighted by Gasteiger charge is 2.01. The van der Waals surface area contributed by atoms with Crippen molar-refractivity contribution in [2.45, 2.75) is 40.2 Å². The molecule has 13 heavy (non-hydrogen) atoms. The molecule has 0 radical (unpaired) electrons. The summed E-state index contributed by atoms with van der Waals surface area (Å²) >= 11 is 0. The maximum absolute atomic E-state index is 11.2. The molecule has 0 heterocycles. The molecule has 0 saturated heterocycles. The summed E-state index contributed by atoms with van der Waals surface area (Å²) < 4.78 is 0. The van der Waals surface area contributed by atoms with E-state index in [4.69, 9.17) is 0 Å². The predicted octanol–water partition coefficient (Wildman–Crippen LogP) is 1.15. The van der Waals surface area contributed by atoms with Crippen molar-refractivity contribution in [3.63, 3.8) is 0 Å². The van der Waals surface area contributed by atoms with Crippen LogP contribution < -0.4 is 10.6 Å². The minimum absolute atomic E-state index is 0.141. The number of amides is 1. The lowest BCUT2D eigenvalue weighted by Crippen LogP contribution is -2.32. The molecule has 0 bridgehead atoms. The summed E-state index contributed by atoms with van der Waals surface area (Å²) in [6.07, 6.45) is 0.574. The molecule has 1 amide bonds. The first-order chi connectivity index (χ1) is 6.02. The van der Waals surface area contributed by atoms with Crippen molar-refractivity contribution in [3.8, 4) is 0 Å². The second-order valence-electron chi connectivity index (χ2n) is 4.06. The normalized spacial score (nSPS) is 10.9. The van der Waals surface area contributed by atoms with E-state index in [-0.39, 0.29) is 5.91 Å². The Bertz CT molecular complexity index is 144. The van der Waals surface area contributed by atoms with E-state index in [0.29, 0.717) is 18.4 Å². The minimum Gasteiger partial charge on any atom is -0.356 e. The van der Waals surface area contributed by atoms with Crippen LogP contribution in [0.15, 0.2) is 0 Å². The lowest BCUT2D eigenvalue weighted by Gasteiger charge is -2.09. The molecular weight excluding hydrogens is 164 g/mol.